The lowest BCUT2D eigenvalue weighted by Crippen LogP contribution is -2.25. The lowest BCUT2D eigenvalue weighted by atomic mass is 10.2. The standard InChI is InChI=1S/C12H15BrN2S/c1-2-15(9-4-5-9)11-6-3-8(12(14)16)7-10(11)13/h3,6-7,9H,2,4-5H2,1H3,(H2,14,16). The second kappa shape index (κ2) is 4.72. The third-order valence-corrected chi connectivity index (χ3v) is 3.74. The molecule has 0 aliphatic heterocycles. The molecule has 0 heterocycles. The topological polar surface area (TPSA) is 29.3 Å². The summed E-state index contributed by atoms with van der Waals surface area (Å²) in [6.07, 6.45) is 2.61. The maximum Gasteiger partial charge on any atom is 0.104 e. The number of hydrogen-bond donors (Lipinski definition) is 1. The number of nitrogens with zero attached hydrogens (tertiary/aromatic N) is 1. The van der Waals surface area contributed by atoms with Crippen molar-refractivity contribution >= 4 is 38.8 Å². The average Bonchev–Trinajstić information content (AvgIpc) is 3.05. The van der Waals surface area contributed by atoms with Gasteiger partial charge in [0.15, 0.2) is 0 Å². The molecular formula is C12H15BrN2S. The number of thiocarbonyl (C=S) groups is 1. The molecule has 0 spiro atoms. The van der Waals surface area contributed by atoms with Crippen LogP contribution in [0.2, 0.25) is 0 Å². The van der Waals surface area contributed by atoms with E-state index in [0.717, 1.165) is 22.6 Å². The highest BCUT2D eigenvalue weighted by Crippen LogP contribution is 2.35. The zero-order valence-electron chi connectivity index (χ0n) is 9.24. The zero-order chi connectivity index (χ0) is 11.7. The van der Waals surface area contributed by atoms with Crippen LogP contribution in [0.1, 0.15) is 25.3 Å². The van der Waals surface area contributed by atoms with Gasteiger partial charge in [-0.05, 0) is 53.9 Å². The van der Waals surface area contributed by atoms with Crippen molar-refractivity contribution in [2.45, 2.75) is 25.8 Å². The van der Waals surface area contributed by atoms with Gasteiger partial charge in [0.25, 0.3) is 0 Å². The summed E-state index contributed by atoms with van der Waals surface area (Å²) in [4.78, 5) is 2.87. The molecule has 2 rings (SSSR count). The highest BCUT2D eigenvalue weighted by atomic mass is 79.9. The fraction of sp³-hybridized carbons (Fsp3) is 0.417. The molecule has 0 saturated heterocycles. The van der Waals surface area contributed by atoms with Gasteiger partial charge in [-0.3, -0.25) is 0 Å². The van der Waals surface area contributed by atoms with Crippen molar-refractivity contribution in [3.05, 3.63) is 28.2 Å². The zero-order valence-corrected chi connectivity index (χ0v) is 11.6. The molecule has 1 aromatic carbocycles. The van der Waals surface area contributed by atoms with Gasteiger partial charge < -0.3 is 10.6 Å². The van der Waals surface area contributed by atoms with Gasteiger partial charge in [0, 0.05) is 22.6 Å². The quantitative estimate of drug-likeness (QED) is 0.866. The highest BCUT2D eigenvalue weighted by Gasteiger charge is 2.29. The molecule has 86 valence electrons. The Bertz CT molecular complexity index is 415. The molecule has 0 aromatic heterocycles. The van der Waals surface area contributed by atoms with Crippen LogP contribution in [0.15, 0.2) is 22.7 Å². The first-order valence-corrected chi connectivity index (χ1v) is 6.69. The van der Waals surface area contributed by atoms with E-state index >= 15 is 0 Å². The van der Waals surface area contributed by atoms with Crippen molar-refractivity contribution in [2.75, 3.05) is 11.4 Å². The lowest BCUT2D eigenvalue weighted by Gasteiger charge is -2.24. The third kappa shape index (κ3) is 2.38. The first-order valence-electron chi connectivity index (χ1n) is 5.49. The van der Waals surface area contributed by atoms with E-state index in [1.165, 1.54) is 18.5 Å². The summed E-state index contributed by atoms with van der Waals surface area (Å²) in [6.45, 7) is 3.22. The molecule has 2 nitrogen and oxygen atoms in total. The first-order chi connectivity index (χ1) is 7.63. The van der Waals surface area contributed by atoms with Crippen LogP contribution in [0.3, 0.4) is 0 Å². The van der Waals surface area contributed by atoms with Crippen LogP contribution < -0.4 is 10.6 Å². The van der Waals surface area contributed by atoms with E-state index in [9.17, 15) is 0 Å². The third-order valence-electron chi connectivity index (χ3n) is 2.87. The minimum Gasteiger partial charge on any atom is -0.389 e. The van der Waals surface area contributed by atoms with Crippen LogP contribution in [-0.2, 0) is 0 Å². The molecule has 0 atom stereocenters. The van der Waals surface area contributed by atoms with Crippen LogP contribution in [0, 0.1) is 0 Å². The van der Waals surface area contributed by atoms with Gasteiger partial charge in [0.1, 0.15) is 4.99 Å². The summed E-state index contributed by atoms with van der Waals surface area (Å²) < 4.78 is 1.08. The Balaban J connectivity index is 2.30. The molecule has 4 heteroatoms. The number of rotatable bonds is 4. The van der Waals surface area contributed by atoms with Gasteiger partial charge in [-0.25, -0.2) is 0 Å². The Labute approximate surface area is 110 Å². The number of nitrogens with two attached hydrogens (primary N) is 1. The number of halogens is 1. The second-order valence-corrected chi connectivity index (χ2v) is 5.34. The Morgan fingerprint density at radius 2 is 2.25 bits per heavy atom. The molecular weight excluding hydrogens is 284 g/mol. The van der Waals surface area contributed by atoms with Gasteiger partial charge in [0.2, 0.25) is 0 Å². The van der Waals surface area contributed by atoms with E-state index in [2.05, 4.69) is 33.8 Å². The molecule has 16 heavy (non-hydrogen) atoms. The molecule has 0 radical (unpaired) electrons. The van der Waals surface area contributed by atoms with E-state index in [0.29, 0.717) is 4.99 Å². The summed E-state index contributed by atoms with van der Waals surface area (Å²) in [5.74, 6) is 0. The molecule has 0 amide bonds. The predicted molar refractivity (Wildman–Crippen MR) is 76.1 cm³/mol. The van der Waals surface area contributed by atoms with Crippen molar-refractivity contribution in [3.63, 3.8) is 0 Å². The SMILES string of the molecule is CCN(c1ccc(C(N)=S)cc1Br)C1CC1. The Morgan fingerprint density at radius 1 is 1.56 bits per heavy atom. The monoisotopic (exact) mass is 298 g/mol. The van der Waals surface area contributed by atoms with Gasteiger partial charge in [0.05, 0.1) is 5.69 Å². The summed E-state index contributed by atoms with van der Waals surface area (Å²) in [5, 5.41) is 0. The second-order valence-electron chi connectivity index (χ2n) is 4.05. The summed E-state index contributed by atoms with van der Waals surface area (Å²) in [5.41, 5.74) is 7.77. The van der Waals surface area contributed by atoms with Gasteiger partial charge in [-0.1, -0.05) is 12.2 Å². The van der Waals surface area contributed by atoms with Gasteiger partial charge in [-0.15, -0.1) is 0 Å². The molecule has 1 saturated carbocycles. The van der Waals surface area contributed by atoms with Gasteiger partial charge >= 0.3 is 0 Å². The maximum atomic E-state index is 5.61. The Hall–Kier alpha value is -0.610. The maximum absolute atomic E-state index is 5.61. The fourth-order valence-corrected chi connectivity index (χ4v) is 2.64. The van der Waals surface area contributed by atoms with Crippen LogP contribution in [0.25, 0.3) is 0 Å². The largest absolute Gasteiger partial charge is 0.389 e. The summed E-state index contributed by atoms with van der Waals surface area (Å²) >= 11 is 8.56. The predicted octanol–water partition coefficient (Wildman–Crippen LogP) is 3.07. The molecule has 0 bridgehead atoms. The van der Waals surface area contributed by atoms with Crippen molar-refractivity contribution in [1.82, 2.24) is 0 Å². The van der Waals surface area contributed by atoms with Crippen molar-refractivity contribution in [1.29, 1.82) is 0 Å². The van der Waals surface area contributed by atoms with Crippen LogP contribution >= 0.6 is 28.1 Å². The molecule has 1 aliphatic carbocycles. The van der Waals surface area contributed by atoms with Crippen molar-refractivity contribution in [3.8, 4) is 0 Å². The molecule has 2 N–H and O–H groups in total. The summed E-state index contributed by atoms with van der Waals surface area (Å²) in [6, 6.07) is 6.81. The fourth-order valence-electron chi connectivity index (χ4n) is 1.90. The smallest absolute Gasteiger partial charge is 0.104 e. The minimum absolute atomic E-state index is 0.446. The number of benzene rings is 1. The van der Waals surface area contributed by atoms with E-state index in [4.69, 9.17) is 18.0 Å². The Morgan fingerprint density at radius 3 is 2.69 bits per heavy atom. The molecule has 1 aromatic rings. The van der Waals surface area contributed by atoms with E-state index in [1.54, 1.807) is 0 Å². The van der Waals surface area contributed by atoms with E-state index in [1.807, 2.05) is 12.1 Å². The van der Waals surface area contributed by atoms with E-state index in [-0.39, 0.29) is 0 Å². The minimum atomic E-state index is 0.446. The first kappa shape index (κ1) is 11.9. The molecule has 1 fully saturated rings. The highest BCUT2D eigenvalue weighted by molar-refractivity contribution is 9.10. The Kier molecular flexibility index (Phi) is 3.50. The van der Waals surface area contributed by atoms with Crippen LogP contribution in [0.5, 0.6) is 0 Å². The van der Waals surface area contributed by atoms with E-state index < -0.39 is 0 Å². The van der Waals surface area contributed by atoms with Gasteiger partial charge in [-0.2, -0.15) is 0 Å². The lowest BCUT2D eigenvalue weighted by molar-refractivity contribution is 0.824. The molecule has 1 aliphatic rings. The van der Waals surface area contributed by atoms with Crippen molar-refractivity contribution in [2.24, 2.45) is 5.73 Å². The van der Waals surface area contributed by atoms with Crippen molar-refractivity contribution < 1.29 is 0 Å². The average molecular weight is 299 g/mol. The van der Waals surface area contributed by atoms with Crippen LogP contribution in [0.4, 0.5) is 5.69 Å². The normalized spacial score (nSPS) is 14.9. The number of hydrogen-bond acceptors (Lipinski definition) is 2. The summed E-state index contributed by atoms with van der Waals surface area (Å²) in [7, 11) is 0. The number of anilines is 1. The molecule has 0 unspecified atom stereocenters. The van der Waals surface area contributed by atoms with Crippen LogP contribution in [-0.4, -0.2) is 17.6 Å².